The van der Waals surface area contributed by atoms with Gasteiger partial charge in [-0.3, -0.25) is 19.5 Å². The van der Waals surface area contributed by atoms with Crippen molar-refractivity contribution in [3.63, 3.8) is 0 Å². The molecule has 3 aliphatic rings. The lowest BCUT2D eigenvalue weighted by Crippen LogP contribution is -2.46. The van der Waals surface area contributed by atoms with Crippen LogP contribution in [0.15, 0.2) is 57.1 Å². The summed E-state index contributed by atoms with van der Waals surface area (Å²) in [5, 5.41) is 10.9. The van der Waals surface area contributed by atoms with Crippen LogP contribution < -0.4 is 26.8 Å². The molecule has 40 heavy (non-hydrogen) atoms. The first-order valence-corrected chi connectivity index (χ1v) is 14.3. The number of anilines is 3. The number of aromatic nitrogens is 2. The molecule has 11 nitrogen and oxygen atoms in total. The van der Waals surface area contributed by atoms with Crippen LogP contribution in [0, 0.1) is 15.5 Å². The topological polar surface area (TPSA) is 146 Å². The van der Waals surface area contributed by atoms with Crippen molar-refractivity contribution in [1.82, 2.24) is 9.55 Å². The monoisotopic (exact) mass is 563 g/mol. The summed E-state index contributed by atoms with van der Waals surface area (Å²) in [4.78, 5) is 33.9. The van der Waals surface area contributed by atoms with Gasteiger partial charge in [0.25, 0.3) is 11.2 Å². The molecule has 3 aromatic rings. The number of nitrogens with two attached hydrogens (primary N) is 2. The summed E-state index contributed by atoms with van der Waals surface area (Å²) in [5.41, 5.74) is 16.8. The van der Waals surface area contributed by atoms with Gasteiger partial charge in [-0.25, -0.2) is 0 Å². The fourth-order valence-corrected chi connectivity index (χ4v) is 7.11. The standard InChI is InChI=1S/C28H33N7O4S/c1-32-26(36)23(40-21-6-4-19(5-7-21)35(37)38)25(30)31-27(32)34-10-8-28(9-11-34)17-18-2-3-20(16-22(18)24(28)29)33-12-14-39-15-13-33/h2-7,16,24H,8-15,17,29-30H2,1H3/t24-/m1/s1. The Balaban J connectivity index is 1.17. The number of benzene rings is 2. The number of rotatable bonds is 5. The molecule has 2 fully saturated rings. The van der Waals surface area contributed by atoms with E-state index in [1.165, 1.54) is 28.9 Å². The Bertz CT molecular complexity index is 1500. The average Bonchev–Trinajstić information content (AvgIpc) is 3.24. The highest BCUT2D eigenvalue weighted by atomic mass is 32.2. The van der Waals surface area contributed by atoms with Gasteiger partial charge in [0.05, 0.1) is 18.1 Å². The molecular weight excluding hydrogens is 530 g/mol. The highest BCUT2D eigenvalue weighted by Gasteiger charge is 2.46. The van der Waals surface area contributed by atoms with E-state index in [1.807, 2.05) is 0 Å². The summed E-state index contributed by atoms with van der Waals surface area (Å²) in [5.74, 6) is 0.700. The van der Waals surface area contributed by atoms with Crippen molar-refractivity contribution >= 4 is 34.9 Å². The van der Waals surface area contributed by atoms with Gasteiger partial charge in [-0.1, -0.05) is 17.8 Å². The summed E-state index contributed by atoms with van der Waals surface area (Å²) in [6.45, 7) is 4.75. The van der Waals surface area contributed by atoms with Crippen molar-refractivity contribution in [3.8, 4) is 0 Å². The van der Waals surface area contributed by atoms with E-state index in [9.17, 15) is 14.9 Å². The van der Waals surface area contributed by atoms with Gasteiger partial charge in [-0.2, -0.15) is 4.98 Å². The van der Waals surface area contributed by atoms with Gasteiger partial charge in [-0.05, 0) is 60.1 Å². The van der Waals surface area contributed by atoms with Gasteiger partial charge in [-0.15, -0.1) is 0 Å². The third kappa shape index (κ3) is 4.69. The predicted molar refractivity (Wildman–Crippen MR) is 155 cm³/mol. The minimum absolute atomic E-state index is 0.0100. The molecule has 0 unspecified atom stereocenters. The zero-order chi connectivity index (χ0) is 28.0. The van der Waals surface area contributed by atoms with Gasteiger partial charge >= 0.3 is 0 Å². The molecule has 0 saturated carbocycles. The van der Waals surface area contributed by atoms with E-state index in [2.05, 4.69) is 33.0 Å². The molecule has 1 aromatic heterocycles. The maximum Gasteiger partial charge on any atom is 0.270 e. The van der Waals surface area contributed by atoms with Gasteiger partial charge in [0, 0.05) is 62.0 Å². The number of nitro benzene ring substituents is 1. The largest absolute Gasteiger partial charge is 0.382 e. The second-order valence-corrected chi connectivity index (χ2v) is 11.9. The van der Waals surface area contributed by atoms with Crippen molar-refractivity contribution in [2.24, 2.45) is 18.2 Å². The lowest BCUT2D eigenvalue weighted by molar-refractivity contribution is -0.384. The quantitative estimate of drug-likeness (QED) is 0.351. The second kappa shape index (κ2) is 10.4. The van der Waals surface area contributed by atoms with Gasteiger partial charge < -0.3 is 26.0 Å². The zero-order valence-corrected chi connectivity index (χ0v) is 23.2. The molecule has 2 saturated heterocycles. The lowest BCUT2D eigenvalue weighted by Gasteiger charge is -2.42. The maximum absolute atomic E-state index is 13.3. The molecule has 0 amide bonds. The Kier molecular flexibility index (Phi) is 6.93. The Morgan fingerprint density at radius 2 is 1.77 bits per heavy atom. The molecular formula is C28H33N7O4S. The van der Waals surface area contributed by atoms with E-state index in [-0.39, 0.29) is 28.5 Å². The number of nitrogens with zero attached hydrogens (tertiary/aromatic N) is 5. The number of hydrogen-bond acceptors (Lipinski definition) is 10. The summed E-state index contributed by atoms with van der Waals surface area (Å²) < 4.78 is 7.05. The van der Waals surface area contributed by atoms with E-state index in [0.29, 0.717) is 15.7 Å². The molecule has 210 valence electrons. The summed E-state index contributed by atoms with van der Waals surface area (Å²) in [7, 11) is 1.71. The Morgan fingerprint density at radius 3 is 2.45 bits per heavy atom. The Hall–Kier alpha value is -3.61. The number of fused-ring (bicyclic) bond motifs is 1. The van der Waals surface area contributed by atoms with Gasteiger partial charge in [0.2, 0.25) is 5.95 Å². The number of piperidine rings is 1. The van der Waals surface area contributed by atoms with Crippen LogP contribution in [0.2, 0.25) is 0 Å². The fraction of sp³-hybridized carbons (Fsp3) is 0.429. The first kappa shape index (κ1) is 26.6. The van der Waals surface area contributed by atoms with Crippen molar-refractivity contribution in [1.29, 1.82) is 0 Å². The summed E-state index contributed by atoms with van der Waals surface area (Å²) >= 11 is 1.16. The second-order valence-electron chi connectivity index (χ2n) is 10.8. The van der Waals surface area contributed by atoms with Crippen LogP contribution in [0.5, 0.6) is 0 Å². The molecule has 3 heterocycles. The molecule has 0 radical (unpaired) electrons. The van der Waals surface area contributed by atoms with Gasteiger partial charge in [0.15, 0.2) is 0 Å². The minimum atomic E-state index is -0.458. The van der Waals surface area contributed by atoms with Crippen LogP contribution in [0.4, 0.5) is 23.1 Å². The van der Waals surface area contributed by atoms with Crippen molar-refractivity contribution in [3.05, 3.63) is 74.1 Å². The zero-order valence-electron chi connectivity index (χ0n) is 22.4. The maximum atomic E-state index is 13.3. The molecule has 4 N–H and O–H groups in total. The van der Waals surface area contributed by atoms with E-state index in [0.717, 1.165) is 70.4 Å². The normalized spacial score (nSPS) is 20.1. The van der Waals surface area contributed by atoms with Crippen LogP contribution in [0.3, 0.4) is 0 Å². The Labute approximate surface area is 236 Å². The van der Waals surface area contributed by atoms with Crippen LogP contribution >= 0.6 is 11.8 Å². The Morgan fingerprint density at radius 1 is 1.07 bits per heavy atom. The van der Waals surface area contributed by atoms with Gasteiger partial charge in [0.1, 0.15) is 10.7 Å². The number of ether oxygens (including phenoxy) is 1. The number of nitro groups is 1. The molecule has 12 heteroatoms. The van der Waals surface area contributed by atoms with E-state index in [4.69, 9.17) is 16.2 Å². The summed E-state index contributed by atoms with van der Waals surface area (Å²) in [6, 6.07) is 12.7. The molecule has 1 aliphatic carbocycles. The molecule has 2 aliphatic heterocycles. The molecule has 6 rings (SSSR count). The fourth-order valence-electron chi connectivity index (χ4n) is 6.23. The van der Waals surface area contributed by atoms with Crippen molar-refractivity contribution in [2.45, 2.75) is 35.1 Å². The number of morpholine rings is 1. The third-order valence-corrected chi connectivity index (χ3v) is 9.70. The highest BCUT2D eigenvalue weighted by molar-refractivity contribution is 7.99. The van der Waals surface area contributed by atoms with Crippen LogP contribution in [-0.2, 0) is 18.2 Å². The lowest BCUT2D eigenvalue weighted by atomic mass is 9.73. The number of hydrogen-bond donors (Lipinski definition) is 2. The van der Waals surface area contributed by atoms with Crippen LogP contribution in [0.25, 0.3) is 0 Å². The first-order valence-electron chi connectivity index (χ1n) is 13.5. The highest BCUT2D eigenvalue weighted by Crippen LogP contribution is 2.51. The predicted octanol–water partition coefficient (Wildman–Crippen LogP) is 3.10. The molecule has 1 atom stereocenters. The van der Waals surface area contributed by atoms with Crippen molar-refractivity contribution in [2.75, 3.05) is 54.9 Å². The average molecular weight is 564 g/mol. The first-order chi connectivity index (χ1) is 19.3. The molecule has 1 spiro atoms. The van der Waals surface area contributed by atoms with E-state index >= 15 is 0 Å². The van der Waals surface area contributed by atoms with E-state index in [1.54, 1.807) is 23.7 Å². The summed E-state index contributed by atoms with van der Waals surface area (Å²) in [6.07, 6.45) is 2.75. The van der Waals surface area contributed by atoms with Crippen LogP contribution in [-0.4, -0.2) is 53.9 Å². The number of nitrogen functional groups attached to an aromatic ring is 1. The smallest absolute Gasteiger partial charge is 0.270 e. The third-order valence-electron chi connectivity index (χ3n) is 8.60. The minimum Gasteiger partial charge on any atom is -0.382 e. The molecule has 2 aromatic carbocycles. The van der Waals surface area contributed by atoms with E-state index < -0.39 is 4.92 Å². The SMILES string of the molecule is Cn1c(N2CCC3(CC2)Cc2ccc(N4CCOCC4)cc2[C@H]3N)nc(N)c(Sc2ccc([N+](=O)[O-])cc2)c1=O. The van der Waals surface area contributed by atoms with Crippen LogP contribution in [0.1, 0.15) is 30.0 Å². The van der Waals surface area contributed by atoms with Crippen molar-refractivity contribution < 1.29 is 9.66 Å². The number of non-ortho nitro benzene ring substituents is 1. The molecule has 0 bridgehead atoms.